The first-order chi connectivity index (χ1) is 15.2. The smallest absolute Gasteiger partial charge is 0.264 e. The van der Waals surface area contributed by atoms with Crippen LogP contribution in [0.4, 0.5) is 5.82 Å². The molecular formula is C23H26N4O3S. The molecule has 31 heavy (non-hydrogen) atoms. The van der Waals surface area contributed by atoms with Gasteiger partial charge in [-0.2, -0.15) is 0 Å². The van der Waals surface area contributed by atoms with Crippen LogP contribution >= 0.6 is 11.3 Å². The van der Waals surface area contributed by atoms with Crippen LogP contribution < -0.4 is 14.8 Å². The second-order valence-corrected chi connectivity index (χ2v) is 9.06. The minimum atomic E-state index is 0.133. The summed E-state index contributed by atoms with van der Waals surface area (Å²) in [7, 11) is 0. The van der Waals surface area contributed by atoms with Crippen LogP contribution in [-0.4, -0.2) is 40.2 Å². The van der Waals surface area contributed by atoms with Gasteiger partial charge in [-0.1, -0.05) is 13.0 Å². The minimum absolute atomic E-state index is 0.133. The van der Waals surface area contributed by atoms with Crippen LogP contribution in [0.2, 0.25) is 0 Å². The van der Waals surface area contributed by atoms with Gasteiger partial charge < -0.3 is 19.7 Å². The van der Waals surface area contributed by atoms with Gasteiger partial charge in [0.15, 0.2) is 11.5 Å². The number of benzene rings is 1. The number of amides is 1. The summed E-state index contributed by atoms with van der Waals surface area (Å²) in [5, 5.41) is 4.35. The summed E-state index contributed by atoms with van der Waals surface area (Å²) in [5.74, 6) is 2.42. The molecule has 3 aromatic rings. The van der Waals surface area contributed by atoms with E-state index in [2.05, 4.69) is 27.1 Å². The molecular weight excluding hydrogens is 412 g/mol. The van der Waals surface area contributed by atoms with Gasteiger partial charge in [0.1, 0.15) is 17.0 Å². The summed E-state index contributed by atoms with van der Waals surface area (Å²) in [6, 6.07) is 6.24. The van der Waals surface area contributed by atoms with E-state index in [-0.39, 0.29) is 12.7 Å². The van der Waals surface area contributed by atoms with Crippen LogP contribution in [0, 0.1) is 6.92 Å². The highest BCUT2D eigenvalue weighted by Gasteiger charge is 2.29. The van der Waals surface area contributed by atoms with E-state index >= 15 is 0 Å². The molecule has 0 bridgehead atoms. The van der Waals surface area contributed by atoms with E-state index in [9.17, 15) is 4.79 Å². The molecule has 0 saturated carbocycles. The Morgan fingerprint density at radius 1 is 1.26 bits per heavy atom. The van der Waals surface area contributed by atoms with Crippen molar-refractivity contribution in [2.45, 2.75) is 52.1 Å². The molecule has 4 heterocycles. The summed E-state index contributed by atoms with van der Waals surface area (Å²) >= 11 is 1.47. The third kappa shape index (κ3) is 3.69. The van der Waals surface area contributed by atoms with Crippen LogP contribution in [0.5, 0.6) is 11.5 Å². The molecule has 0 aliphatic carbocycles. The Kier molecular flexibility index (Phi) is 5.40. The number of hydrogen-bond donors (Lipinski definition) is 1. The standard InChI is InChI=1S/C23H26N4O3S/c1-3-16-6-4-5-9-27(16)23(28)20-14(2)19-21(25-12-26-22(19)31-20)24-11-15-7-8-17-18(10-15)30-13-29-17/h7-8,10,12,16H,3-6,9,11,13H2,1-2H3,(H,24,25,26). The van der Waals surface area contributed by atoms with Gasteiger partial charge >= 0.3 is 0 Å². The molecule has 1 atom stereocenters. The summed E-state index contributed by atoms with van der Waals surface area (Å²) in [6.07, 6.45) is 5.93. The van der Waals surface area contributed by atoms with Gasteiger partial charge in [0, 0.05) is 19.1 Å². The topological polar surface area (TPSA) is 76.6 Å². The fourth-order valence-electron chi connectivity index (χ4n) is 4.47. The monoisotopic (exact) mass is 438 g/mol. The predicted molar refractivity (Wildman–Crippen MR) is 121 cm³/mol. The molecule has 1 saturated heterocycles. The van der Waals surface area contributed by atoms with Crippen LogP contribution in [-0.2, 0) is 6.54 Å². The summed E-state index contributed by atoms with van der Waals surface area (Å²) in [5.41, 5.74) is 2.03. The minimum Gasteiger partial charge on any atom is -0.454 e. The zero-order valence-electron chi connectivity index (χ0n) is 17.8. The molecule has 1 amide bonds. The number of rotatable bonds is 5. The van der Waals surface area contributed by atoms with Gasteiger partial charge in [0.05, 0.1) is 10.3 Å². The number of ether oxygens (including phenoxy) is 2. The molecule has 0 radical (unpaired) electrons. The highest BCUT2D eigenvalue weighted by molar-refractivity contribution is 7.20. The molecule has 1 fully saturated rings. The maximum absolute atomic E-state index is 13.4. The third-order valence-corrected chi connectivity index (χ3v) is 7.37. The second-order valence-electron chi connectivity index (χ2n) is 8.06. The predicted octanol–water partition coefficient (Wildman–Crippen LogP) is 4.75. The summed E-state index contributed by atoms with van der Waals surface area (Å²) in [6.45, 7) is 5.86. The Balaban J connectivity index is 1.41. The van der Waals surface area contributed by atoms with E-state index in [4.69, 9.17) is 9.47 Å². The summed E-state index contributed by atoms with van der Waals surface area (Å²) < 4.78 is 10.9. The van der Waals surface area contributed by atoms with Gasteiger partial charge in [0.2, 0.25) is 6.79 Å². The Morgan fingerprint density at radius 3 is 3.00 bits per heavy atom. The zero-order chi connectivity index (χ0) is 21.4. The highest BCUT2D eigenvalue weighted by atomic mass is 32.1. The average Bonchev–Trinajstić information content (AvgIpc) is 3.41. The fourth-order valence-corrected chi connectivity index (χ4v) is 5.57. The van der Waals surface area contributed by atoms with Crippen molar-refractivity contribution in [3.05, 3.63) is 40.5 Å². The number of nitrogens with zero attached hydrogens (tertiary/aromatic N) is 3. The number of carbonyl (C=O) groups excluding carboxylic acids is 1. The van der Waals surface area contributed by atoms with Crippen molar-refractivity contribution in [2.24, 2.45) is 0 Å². The quantitative estimate of drug-likeness (QED) is 0.620. The average molecular weight is 439 g/mol. The largest absolute Gasteiger partial charge is 0.454 e. The normalized spacial score (nSPS) is 17.9. The Hall–Kier alpha value is -2.87. The molecule has 7 nitrogen and oxygen atoms in total. The maximum atomic E-state index is 13.4. The Bertz CT molecular complexity index is 1130. The van der Waals surface area contributed by atoms with Crippen LogP contribution in [0.1, 0.15) is 53.4 Å². The van der Waals surface area contributed by atoms with Crippen molar-refractivity contribution in [3.63, 3.8) is 0 Å². The highest BCUT2D eigenvalue weighted by Crippen LogP contribution is 2.36. The molecule has 1 N–H and O–H groups in total. The Morgan fingerprint density at radius 2 is 2.13 bits per heavy atom. The summed E-state index contributed by atoms with van der Waals surface area (Å²) in [4.78, 5) is 26.0. The van der Waals surface area contributed by atoms with Crippen molar-refractivity contribution in [1.82, 2.24) is 14.9 Å². The third-order valence-electron chi connectivity index (χ3n) is 6.18. The molecule has 162 valence electrons. The maximum Gasteiger partial charge on any atom is 0.264 e. The van der Waals surface area contributed by atoms with E-state index in [0.717, 1.165) is 69.3 Å². The molecule has 8 heteroatoms. The van der Waals surface area contributed by atoms with Gasteiger partial charge in [0.25, 0.3) is 5.91 Å². The van der Waals surface area contributed by atoms with Gasteiger partial charge in [-0.25, -0.2) is 9.97 Å². The molecule has 2 aromatic heterocycles. The number of thiophene rings is 1. The van der Waals surface area contributed by atoms with Crippen molar-refractivity contribution in [3.8, 4) is 11.5 Å². The molecule has 2 aliphatic heterocycles. The van der Waals surface area contributed by atoms with Crippen molar-refractivity contribution in [1.29, 1.82) is 0 Å². The first-order valence-electron chi connectivity index (χ1n) is 10.8. The van der Waals surface area contributed by atoms with Gasteiger partial charge in [-0.15, -0.1) is 11.3 Å². The van der Waals surface area contributed by atoms with Crippen LogP contribution in [0.3, 0.4) is 0 Å². The van der Waals surface area contributed by atoms with Crippen LogP contribution in [0.15, 0.2) is 24.5 Å². The number of piperidine rings is 1. The van der Waals surface area contributed by atoms with Crippen molar-refractivity contribution < 1.29 is 14.3 Å². The van der Waals surface area contributed by atoms with Gasteiger partial charge in [-0.3, -0.25) is 4.79 Å². The van der Waals surface area contributed by atoms with E-state index in [1.807, 2.05) is 25.1 Å². The lowest BCUT2D eigenvalue weighted by molar-refractivity contribution is 0.0612. The zero-order valence-corrected chi connectivity index (χ0v) is 18.6. The first-order valence-corrected chi connectivity index (χ1v) is 11.6. The number of nitrogens with one attached hydrogen (secondary N) is 1. The lowest BCUT2D eigenvalue weighted by Crippen LogP contribution is -2.43. The Labute approximate surface area is 185 Å². The molecule has 1 aromatic carbocycles. The number of aromatic nitrogens is 2. The molecule has 5 rings (SSSR count). The number of hydrogen-bond acceptors (Lipinski definition) is 7. The second kappa shape index (κ2) is 8.34. The molecule has 0 spiro atoms. The number of carbonyl (C=O) groups is 1. The molecule has 2 aliphatic rings. The SMILES string of the molecule is CCC1CCCCN1C(=O)c1sc2ncnc(NCc3ccc4c(c3)OCO4)c2c1C. The molecule has 1 unspecified atom stereocenters. The fraction of sp³-hybridized carbons (Fsp3) is 0.435. The number of likely N-dealkylation sites (tertiary alicyclic amines) is 1. The lowest BCUT2D eigenvalue weighted by atomic mass is 9.99. The van der Waals surface area contributed by atoms with Crippen LogP contribution in [0.25, 0.3) is 10.2 Å². The first kappa shape index (κ1) is 20.1. The van der Waals surface area contributed by atoms with E-state index in [1.54, 1.807) is 6.33 Å². The van der Waals surface area contributed by atoms with Crippen molar-refractivity contribution in [2.75, 3.05) is 18.7 Å². The van der Waals surface area contributed by atoms with E-state index < -0.39 is 0 Å². The van der Waals surface area contributed by atoms with Crippen molar-refractivity contribution >= 4 is 33.3 Å². The lowest BCUT2D eigenvalue weighted by Gasteiger charge is -2.35. The van der Waals surface area contributed by atoms with Gasteiger partial charge in [-0.05, 0) is 55.9 Å². The van der Waals surface area contributed by atoms with E-state index in [1.165, 1.54) is 17.8 Å². The number of fused-ring (bicyclic) bond motifs is 2. The number of aryl methyl sites for hydroxylation is 1. The number of anilines is 1. The van der Waals surface area contributed by atoms with E-state index in [0.29, 0.717) is 12.6 Å².